The van der Waals surface area contributed by atoms with Crippen molar-refractivity contribution < 1.29 is 14.6 Å². The van der Waals surface area contributed by atoms with Crippen LogP contribution in [0.1, 0.15) is 48.0 Å². The number of anilines is 3. The molecule has 7 heteroatoms. The van der Waals surface area contributed by atoms with E-state index in [0.717, 1.165) is 49.1 Å². The molecule has 0 spiro atoms. The lowest BCUT2D eigenvalue weighted by Gasteiger charge is -2.58. The zero-order chi connectivity index (χ0) is 24.7. The molecule has 36 heavy (non-hydrogen) atoms. The third kappa shape index (κ3) is 4.63. The minimum Gasteiger partial charge on any atom is -0.489 e. The summed E-state index contributed by atoms with van der Waals surface area (Å²) < 4.78 is 5.87. The number of carbonyl (C=O) groups excluding carboxylic acids is 1. The van der Waals surface area contributed by atoms with Gasteiger partial charge in [-0.25, -0.2) is 4.98 Å². The molecule has 2 aromatic carbocycles. The van der Waals surface area contributed by atoms with Crippen molar-refractivity contribution in [2.24, 2.45) is 23.5 Å². The maximum atomic E-state index is 12.2. The number of rotatable bonds is 8. The lowest BCUT2D eigenvalue weighted by Crippen LogP contribution is -2.59. The van der Waals surface area contributed by atoms with Crippen molar-refractivity contribution in [2.45, 2.75) is 50.4 Å². The Labute approximate surface area is 211 Å². The number of amides is 1. The van der Waals surface area contributed by atoms with Gasteiger partial charge in [-0.3, -0.25) is 4.79 Å². The van der Waals surface area contributed by atoms with E-state index in [2.05, 4.69) is 15.6 Å². The summed E-state index contributed by atoms with van der Waals surface area (Å²) in [5, 5.41) is 17.9. The van der Waals surface area contributed by atoms with E-state index in [4.69, 9.17) is 10.5 Å². The number of hydrogen-bond acceptors (Lipinski definition) is 6. The van der Waals surface area contributed by atoms with Gasteiger partial charge < -0.3 is 26.2 Å². The molecule has 3 aromatic rings. The van der Waals surface area contributed by atoms with Crippen molar-refractivity contribution in [3.05, 3.63) is 78.0 Å². The van der Waals surface area contributed by atoms with E-state index < -0.39 is 11.5 Å². The van der Waals surface area contributed by atoms with Gasteiger partial charge in [0.05, 0.1) is 16.9 Å². The van der Waals surface area contributed by atoms with E-state index in [1.165, 1.54) is 6.20 Å². The fourth-order valence-electron chi connectivity index (χ4n) is 6.76. The topological polar surface area (TPSA) is 110 Å². The van der Waals surface area contributed by atoms with Crippen molar-refractivity contribution in [2.75, 3.05) is 10.6 Å². The van der Waals surface area contributed by atoms with Crippen molar-refractivity contribution in [3.8, 4) is 5.75 Å². The first kappa shape index (κ1) is 22.9. The van der Waals surface area contributed by atoms with Crippen LogP contribution in [0.5, 0.6) is 5.75 Å². The summed E-state index contributed by atoms with van der Waals surface area (Å²) in [6.07, 6.45) is 6.41. The summed E-state index contributed by atoms with van der Waals surface area (Å²) in [6.45, 7) is 0.514. The van der Waals surface area contributed by atoms with Crippen LogP contribution >= 0.6 is 0 Å². The fraction of sp³-hybridized carbons (Fsp3) is 0.379. The van der Waals surface area contributed by atoms with E-state index in [1.807, 2.05) is 60.7 Å². The minimum absolute atomic E-state index is 0.233. The monoisotopic (exact) mass is 484 g/mol. The maximum absolute atomic E-state index is 12.2. The van der Waals surface area contributed by atoms with Gasteiger partial charge in [0.2, 0.25) is 0 Å². The first-order chi connectivity index (χ1) is 17.4. The molecule has 0 aliphatic heterocycles. The standard InChI is InChI=1S/C29H32N4O3/c30-28(34)24-16-31-26(32-22-6-8-23(9-7-22)36-17-18-4-2-1-3-5-18)12-25(24)33-27-20-10-19-11-21(27)15-29(35,13-19)14-20/h1-9,12,16,19-21,27,35H,10-11,13-15,17H2,(H2,30,34)(H2,31,32,33)/t19-,20-,21+,27-,29-. The molecule has 186 valence electrons. The van der Waals surface area contributed by atoms with E-state index in [0.29, 0.717) is 41.4 Å². The molecule has 4 bridgehead atoms. The third-order valence-corrected chi connectivity index (χ3v) is 8.11. The first-order valence-electron chi connectivity index (χ1n) is 12.8. The van der Waals surface area contributed by atoms with Crippen LogP contribution in [0.2, 0.25) is 0 Å². The summed E-state index contributed by atoms with van der Waals surface area (Å²) in [4.78, 5) is 16.6. The lowest BCUT2D eigenvalue weighted by molar-refractivity contribution is -0.129. The predicted octanol–water partition coefficient (Wildman–Crippen LogP) is 4.85. The number of hydrogen-bond donors (Lipinski definition) is 4. The van der Waals surface area contributed by atoms with Crippen LogP contribution in [0.4, 0.5) is 17.2 Å². The van der Waals surface area contributed by atoms with Gasteiger partial charge >= 0.3 is 0 Å². The van der Waals surface area contributed by atoms with Crippen LogP contribution in [-0.4, -0.2) is 27.6 Å². The van der Waals surface area contributed by atoms with Gasteiger partial charge in [0.1, 0.15) is 18.2 Å². The highest BCUT2D eigenvalue weighted by atomic mass is 16.5. The summed E-state index contributed by atoms with van der Waals surface area (Å²) in [6, 6.07) is 19.9. The third-order valence-electron chi connectivity index (χ3n) is 8.11. The Morgan fingerprint density at radius 1 is 1.06 bits per heavy atom. The predicted molar refractivity (Wildman–Crippen MR) is 139 cm³/mol. The summed E-state index contributed by atoms with van der Waals surface area (Å²) in [5.74, 6) is 2.36. The van der Waals surface area contributed by atoms with Crippen molar-refractivity contribution >= 4 is 23.1 Å². The minimum atomic E-state index is -0.501. The van der Waals surface area contributed by atoms with Crippen molar-refractivity contribution in [3.63, 3.8) is 0 Å². The number of nitrogens with zero attached hydrogens (tertiary/aromatic N) is 1. The Hall–Kier alpha value is -3.58. The first-order valence-corrected chi connectivity index (χ1v) is 12.8. The Kier molecular flexibility index (Phi) is 5.80. The molecular weight excluding hydrogens is 452 g/mol. The zero-order valence-electron chi connectivity index (χ0n) is 20.2. The van der Waals surface area contributed by atoms with Gasteiger partial charge in [-0.05, 0) is 79.7 Å². The highest BCUT2D eigenvalue weighted by Gasteiger charge is 2.54. The molecule has 1 amide bonds. The molecule has 0 saturated heterocycles. The fourth-order valence-corrected chi connectivity index (χ4v) is 6.76. The highest BCUT2D eigenvalue weighted by Crippen LogP contribution is 2.56. The van der Waals surface area contributed by atoms with Gasteiger partial charge in [0.15, 0.2) is 0 Å². The number of carbonyl (C=O) groups is 1. The van der Waals surface area contributed by atoms with Crippen LogP contribution < -0.4 is 21.1 Å². The average molecular weight is 485 g/mol. The van der Waals surface area contributed by atoms with Gasteiger partial charge in [-0.15, -0.1) is 0 Å². The van der Waals surface area contributed by atoms with E-state index in [9.17, 15) is 9.90 Å². The molecule has 0 unspecified atom stereocenters. The Bertz CT molecular complexity index is 1230. The molecule has 1 heterocycles. The summed E-state index contributed by atoms with van der Waals surface area (Å²) >= 11 is 0. The zero-order valence-corrected chi connectivity index (χ0v) is 20.2. The molecule has 0 radical (unpaired) electrons. The van der Waals surface area contributed by atoms with Gasteiger partial charge in [-0.2, -0.15) is 0 Å². The van der Waals surface area contributed by atoms with Crippen molar-refractivity contribution in [1.82, 2.24) is 4.98 Å². The molecule has 7 rings (SSSR count). The second-order valence-corrected chi connectivity index (χ2v) is 10.8. The van der Waals surface area contributed by atoms with Crippen LogP contribution in [0.3, 0.4) is 0 Å². The van der Waals surface area contributed by atoms with Crippen LogP contribution in [0.15, 0.2) is 66.9 Å². The highest BCUT2D eigenvalue weighted by molar-refractivity contribution is 5.98. The SMILES string of the molecule is NC(=O)c1cnc(Nc2ccc(OCc3ccccc3)cc2)cc1N[C@@H]1[C@@H]2C[C@@H]3C[C@H]1C[C@@](O)(C3)C2. The average Bonchev–Trinajstić information content (AvgIpc) is 2.85. The molecule has 5 atom stereocenters. The molecule has 4 aliphatic carbocycles. The number of benzene rings is 2. The Morgan fingerprint density at radius 3 is 2.44 bits per heavy atom. The van der Waals surface area contributed by atoms with Gasteiger partial charge in [0.25, 0.3) is 5.91 Å². The number of nitrogens with two attached hydrogens (primary N) is 1. The number of ether oxygens (including phenoxy) is 1. The van der Waals surface area contributed by atoms with E-state index >= 15 is 0 Å². The second kappa shape index (κ2) is 9.13. The Balaban J connectivity index is 1.15. The second-order valence-electron chi connectivity index (χ2n) is 10.8. The molecule has 7 nitrogen and oxygen atoms in total. The summed E-state index contributed by atoms with van der Waals surface area (Å²) in [5.41, 5.74) is 8.26. The number of aliphatic hydroxyl groups is 1. The lowest BCUT2D eigenvalue weighted by atomic mass is 9.52. The van der Waals surface area contributed by atoms with Crippen molar-refractivity contribution in [1.29, 1.82) is 0 Å². The quantitative estimate of drug-likeness (QED) is 0.364. The smallest absolute Gasteiger partial charge is 0.252 e. The molecule has 1 aromatic heterocycles. The summed E-state index contributed by atoms with van der Waals surface area (Å²) in [7, 11) is 0. The normalized spacial score (nSPS) is 28.0. The molecular formula is C29H32N4O3. The van der Waals surface area contributed by atoms with E-state index in [1.54, 1.807) is 0 Å². The van der Waals surface area contributed by atoms with Gasteiger partial charge in [0, 0.05) is 24.0 Å². The van der Waals surface area contributed by atoms with Crippen LogP contribution in [0.25, 0.3) is 0 Å². The van der Waals surface area contributed by atoms with Crippen LogP contribution in [-0.2, 0) is 6.61 Å². The largest absolute Gasteiger partial charge is 0.489 e. The number of primary amides is 1. The number of nitrogens with one attached hydrogen (secondary N) is 2. The van der Waals surface area contributed by atoms with Gasteiger partial charge in [-0.1, -0.05) is 30.3 Å². The molecule has 4 fully saturated rings. The maximum Gasteiger partial charge on any atom is 0.252 e. The van der Waals surface area contributed by atoms with Crippen LogP contribution in [0, 0.1) is 17.8 Å². The molecule has 4 aliphatic rings. The van der Waals surface area contributed by atoms with E-state index in [-0.39, 0.29) is 6.04 Å². The molecule has 5 N–H and O–H groups in total. The number of aromatic nitrogens is 1. The Morgan fingerprint density at radius 2 is 1.78 bits per heavy atom. The molecule has 4 saturated carbocycles. The number of pyridine rings is 1.